The number of halogens is 2. The lowest BCUT2D eigenvalue weighted by Crippen LogP contribution is -2.35. The van der Waals surface area contributed by atoms with Crippen LogP contribution in [0.5, 0.6) is 0 Å². The van der Waals surface area contributed by atoms with E-state index in [9.17, 15) is 4.79 Å². The molecule has 0 aliphatic carbocycles. The molecule has 1 aromatic rings. The normalized spacial score (nSPS) is 10.3. The monoisotopic (exact) mass is 339 g/mol. The van der Waals surface area contributed by atoms with Crippen molar-refractivity contribution in [3.8, 4) is 0 Å². The number of hydrogen-bond donors (Lipinski definition) is 3. The second-order valence-corrected chi connectivity index (χ2v) is 4.38. The average molecular weight is 341 g/mol. The zero-order valence-electron chi connectivity index (χ0n) is 7.85. The number of amides is 2. The largest absolute Gasteiger partial charge is 0.452 e. The molecule has 0 spiro atoms. The Balaban J connectivity index is 2.18. The van der Waals surface area contributed by atoms with Crippen LogP contribution in [0.25, 0.3) is 0 Å². The molecule has 0 saturated heterocycles. The molecule has 0 radical (unpaired) electrons. The number of furan rings is 1. The van der Waals surface area contributed by atoms with E-state index in [1.54, 1.807) is 0 Å². The first-order chi connectivity index (χ1) is 7.09. The summed E-state index contributed by atoms with van der Waals surface area (Å²) in [5.41, 5.74) is 4.90. The molecule has 0 bridgehead atoms. The number of carbonyl (C=O) groups excluding carboxylic acids is 1. The highest BCUT2D eigenvalue weighted by Crippen LogP contribution is 2.26. The van der Waals surface area contributed by atoms with Gasteiger partial charge in [0, 0.05) is 13.1 Å². The molecule has 0 fully saturated rings. The molecule has 1 heterocycles. The van der Waals surface area contributed by atoms with Crippen LogP contribution in [-0.4, -0.2) is 19.1 Å². The van der Waals surface area contributed by atoms with Crippen LogP contribution in [0.15, 0.2) is 19.6 Å². The molecular formula is C8H11Br2N3O2. The van der Waals surface area contributed by atoms with E-state index in [4.69, 9.17) is 10.2 Å². The van der Waals surface area contributed by atoms with Crippen molar-refractivity contribution >= 4 is 37.9 Å². The molecule has 84 valence electrons. The summed E-state index contributed by atoms with van der Waals surface area (Å²) < 4.78 is 6.90. The van der Waals surface area contributed by atoms with Gasteiger partial charge in [-0.3, -0.25) is 0 Å². The van der Waals surface area contributed by atoms with E-state index >= 15 is 0 Å². The number of rotatable bonds is 5. The highest BCUT2D eigenvalue weighted by Gasteiger charge is 2.04. The zero-order chi connectivity index (χ0) is 11.3. The summed E-state index contributed by atoms with van der Waals surface area (Å²) in [6, 6.07) is 1.36. The van der Waals surface area contributed by atoms with Crippen LogP contribution < -0.4 is 16.4 Å². The van der Waals surface area contributed by atoms with Gasteiger partial charge >= 0.3 is 6.03 Å². The fourth-order valence-electron chi connectivity index (χ4n) is 0.964. The van der Waals surface area contributed by atoms with Gasteiger partial charge in [0.25, 0.3) is 0 Å². The fraction of sp³-hybridized carbons (Fsp3) is 0.375. The van der Waals surface area contributed by atoms with Crippen LogP contribution in [0.3, 0.4) is 0 Å². The first kappa shape index (κ1) is 12.5. The van der Waals surface area contributed by atoms with Crippen molar-refractivity contribution < 1.29 is 9.21 Å². The Morgan fingerprint density at radius 2 is 2.20 bits per heavy atom. The Morgan fingerprint density at radius 3 is 2.73 bits per heavy atom. The van der Waals surface area contributed by atoms with Crippen molar-refractivity contribution in [2.75, 3.05) is 13.1 Å². The van der Waals surface area contributed by atoms with Gasteiger partial charge in [-0.15, -0.1) is 0 Å². The van der Waals surface area contributed by atoms with Crippen molar-refractivity contribution in [2.45, 2.75) is 6.54 Å². The van der Waals surface area contributed by atoms with Crippen LogP contribution in [0.1, 0.15) is 5.76 Å². The predicted molar refractivity (Wildman–Crippen MR) is 63.4 cm³/mol. The molecule has 1 rings (SSSR count). The highest BCUT2D eigenvalue weighted by atomic mass is 79.9. The maximum atomic E-state index is 10.3. The Bertz CT molecular complexity index is 321. The van der Waals surface area contributed by atoms with Gasteiger partial charge < -0.3 is 20.8 Å². The molecule has 0 saturated carbocycles. The number of urea groups is 1. The van der Waals surface area contributed by atoms with Gasteiger partial charge in [-0.1, -0.05) is 0 Å². The number of carbonyl (C=O) groups is 1. The van der Waals surface area contributed by atoms with Gasteiger partial charge in [0.2, 0.25) is 0 Å². The first-order valence-corrected chi connectivity index (χ1v) is 5.86. The number of primary amides is 1. The van der Waals surface area contributed by atoms with Crippen LogP contribution >= 0.6 is 31.9 Å². The maximum absolute atomic E-state index is 10.3. The van der Waals surface area contributed by atoms with Gasteiger partial charge in [-0.05, 0) is 37.9 Å². The second-order valence-electron chi connectivity index (χ2n) is 2.80. The Labute approximate surface area is 104 Å². The molecule has 7 heteroatoms. The van der Waals surface area contributed by atoms with E-state index < -0.39 is 6.03 Å². The average Bonchev–Trinajstić information content (AvgIpc) is 2.45. The predicted octanol–water partition coefficient (Wildman–Crippen LogP) is 1.56. The topological polar surface area (TPSA) is 80.3 Å². The van der Waals surface area contributed by atoms with E-state index in [1.165, 1.54) is 0 Å². The summed E-state index contributed by atoms with van der Waals surface area (Å²) >= 11 is 6.56. The third-order valence-electron chi connectivity index (χ3n) is 1.60. The summed E-state index contributed by atoms with van der Waals surface area (Å²) in [6.45, 7) is 1.74. The molecule has 0 unspecified atom stereocenters. The summed E-state index contributed by atoms with van der Waals surface area (Å²) in [7, 11) is 0. The lowest BCUT2D eigenvalue weighted by molar-refractivity contribution is 0.249. The molecule has 4 N–H and O–H groups in total. The van der Waals surface area contributed by atoms with Crippen LogP contribution in [-0.2, 0) is 6.54 Å². The Kier molecular flexibility index (Phi) is 5.13. The Hall–Kier alpha value is -0.530. The van der Waals surface area contributed by atoms with Crippen LogP contribution in [0.2, 0.25) is 0 Å². The zero-order valence-corrected chi connectivity index (χ0v) is 11.0. The van der Waals surface area contributed by atoms with Crippen molar-refractivity contribution in [1.82, 2.24) is 10.6 Å². The standard InChI is InChI=1S/C8H11Br2N3O2/c9-6-3-5(15-7(6)10)4-12-1-2-13-8(11)14/h3,12H,1-2,4H2,(H3,11,13,14). The molecule has 2 amide bonds. The van der Waals surface area contributed by atoms with E-state index in [-0.39, 0.29) is 0 Å². The van der Waals surface area contributed by atoms with Crippen molar-refractivity contribution in [2.24, 2.45) is 5.73 Å². The molecular weight excluding hydrogens is 330 g/mol. The minimum Gasteiger partial charge on any atom is -0.452 e. The summed E-state index contributed by atoms with van der Waals surface area (Å²) in [4.78, 5) is 10.3. The van der Waals surface area contributed by atoms with E-state index in [1.807, 2.05) is 6.07 Å². The van der Waals surface area contributed by atoms with Crippen LogP contribution in [0, 0.1) is 0 Å². The van der Waals surface area contributed by atoms with Crippen molar-refractivity contribution in [1.29, 1.82) is 0 Å². The van der Waals surface area contributed by atoms with Crippen molar-refractivity contribution in [3.05, 3.63) is 21.0 Å². The summed E-state index contributed by atoms with van der Waals surface area (Å²) in [6.07, 6.45) is 0. The first-order valence-electron chi connectivity index (χ1n) is 4.27. The van der Waals surface area contributed by atoms with Crippen molar-refractivity contribution in [3.63, 3.8) is 0 Å². The smallest absolute Gasteiger partial charge is 0.312 e. The molecule has 15 heavy (non-hydrogen) atoms. The number of nitrogens with one attached hydrogen (secondary N) is 2. The SMILES string of the molecule is NC(=O)NCCNCc1cc(Br)c(Br)o1. The molecule has 0 aliphatic heterocycles. The van der Waals surface area contributed by atoms with Gasteiger partial charge in [0.05, 0.1) is 11.0 Å². The van der Waals surface area contributed by atoms with E-state index in [0.29, 0.717) is 24.3 Å². The molecule has 0 atom stereocenters. The number of hydrogen-bond acceptors (Lipinski definition) is 3. The molecule has 0 aromatic carbocycles. The fourth-order valence-corrected chi connectivity index (χ4v) is 1.62. The highest BCUT2D eigenvalue weighted by molar-refractivity contribution is 9.13. The molecule has 0 aliphatic rings. The van der Waals surface area contributed by atoms with Gasteiger partial charge in [-0.2, -0.15) is 0 Å². The van der Waals surface area contributed by atoms with Gasteiger partial charge in [-0.25, -0.2) is 4.79 Å². The van der Waals surface area contributed by atoms with Gasteiger partial charge in [0.1, 0.15) is 5.76 Å². The maximum Gasteiger partial charge on any atom is 0.312 e. The quantitative estimate of drug-likeness (QED) is 0.711. The summed E-state index contributed by atoms with van der Waals surface area (Å²) in [5, 5.41) is 5.57. The third kappa shape index (κ3) is 4.67. The minimum atomic E-state index is -0.514. The van der Waals surface area contributed by atoms with Gasteiger partial charge in [0.15, 0.2) is 4.67 Å². The molecule has 1 aromatic heterocycles. The lowest BCUT2D eigenvalue weighted by atomic mass is 10.4. The summed E-state index contributed by atoms with van der Waals surface area (Å²) in [5.74, 6) is 0.813. The van der Waals surface area contributed by atoms with E-state index in [0.717, 1.165) is 10.2 Å². The number of nitrogens with two attached hydrogens (primary N) is 1. The van der Waals surface area contributed by atoms with Crippen LogP contribution in [0.4, 0.5) is 4.79 Å². The molecule has 5 nitrogen and oxygen atoms in total. The lowest BCUT2D eigenvalue weighted by Gasteiger charge is -2.02. The Morgan fingerprint density at radius 1 is 1.47 bits per heavy atom. The minimum absolute atomic E-state index is 0.498. The third-order valence-corrected chi connectivity index (χ3v) is 3.31. The van der Waals surface area contributed by atoms with E-state index in [2.05, 4.69) is 42.5 Å². The second kappa shape index (κ2) is 6.14.